The normalized spacial score (nSPS) is 18.7. The van der Waals surface area contributed by atoms with Crippen molar-refractivity contribution >= 4 is 27.6 Å². The number of hydrogen-bond acceptors (Lipinski definition) is 7. The van der Waals surface area contributed by atoms with Gasteiger partial charge in [-0.25, -0.2) is 22.3 Å². The Balaban J connectivity index is 1.60. The molecule has 0 spiro atoms. The van der Waals surface area contributed by atoms with E-state index in [1.807, 2.05) is 13.8 Å². The SMILES string of the molecule is CC(C)NC(=O)O[C@@H]1CC[C@H](c2cc(Nc3ccc(S(=O)(=O)NCCO)cc3F)n[nH]2)C1. The van der Waals surface area contributed by atoms with Crippen molar-refractivity contribution in [2.45, 2.75) is 56.1 Å². The number of nitrogens with zero attached hydrogens (tertiary/aromatic N) is 1. The molecule has 0 bridgehead atoms. The van der Waals surface area contributed by atoms with Crippen molar-refractivity contribution in [3.8, 4) is 0 Å². The molecule has 12 heteroatoms. The van der Waals surface area contributed by atoms with E-state index >= 15 is 0 Å². The highest BCUT2D eigenvalue weighted by atomic mass is 32.2. The van der Waals surface area contributed by atoms with Crippen LogP contribution in [0, 0.1) is 5.82 Å². The second-order valence-electron chi connectivity index (χ2n) is 7.93. The molecule has 1 amide bonds. The van der Waals surface area contributed by atoms with Crippen molar-refractivity contribution in [1.29, 1.82) is 0 Å². The smallest absolute Gasteiger partial charge is 0.407 e. The quantitative estimate of drug-likeness (QED) is 0.379. The molecule has 1 aliphatic rings. The number of aromatic amines is 1. The maximum absolute atomic E-state index is 14.5. The van der Waals surface area contributed by atoms with Crippen molar-refractivity contribution in [2.24, 2.45) is 0 Å². The van der Waals surface area contributed by atoms with E-state index in [1.165, 1.54) is 12.1 Å². The third kappa shape index (κ3) is 6.17. The number of aliphatic hydroxyl groups is 1. The topological polar surface area (TPSA) is 145 Å². The summed E-state index contributed by atoms with van der Waals surface area (Å²) in [5.74, 6) is -0.244. The monoisotopic (exact) mass is 469 g/mol. The Morgan fingerprint density at radius 1 is 1.34 bits per heavy atom. The molecule has 176 valence electrons. The summed E-state index contributed by atoms with van der Waals surface area (Å²) >= 11 is 0. The van der Waals surface area contributed by atoms with Gasteiger partial charge < -0.3 is 20.5 Å². The fourth-order valence-electron chi connectivity index (χ4n) is 3.53. The van der Waals surface area contributed by atoms with Crippen LogP contribution in [0.5, 0.6) is 0 Å². The van der Waals surface area contributed by atoms with Gasteiger partial charge in [0.1, 0.15) is 11.9 Å². The van der Waals surface area contributed by atoms with Gasteiger partial charge in [-0.1, -0.05) is 0 Å². The van der Waals surface area contributed by atoms with Crippen molar-refractivity contribution in [3.63, 3.8) is 0 Å². The first-order valence-corrected chi connectivity index (χ1v) is 11.9. The van der Waals surface area contributed by atoms with Crippen molar-refractivity contribution in [2.75, 3.05) is 18.5 Å². The van der Waals surface area contributed by atoms with Gasteiger partial charge in [0.25, 0.3) is 0 Å². The lowest BCUT2D eigenvalue weighted by atomic mass is 10.0. The number of carbonyl (C=O) groups excluding carboxylic acids is 1. The number of alkyl carbamates (subject to hydrolysis) is 1. The van der Waals surface area contributed by atoms with Crippen molar-refractivity contribution in [1.82, 2.24) is 20.2 Å². The van der Waals surface area contributed by atoms with Gasteiger partial charge in [-0.15, -0.1) is 0 Å². The van der Waals surface area contributed by atoms with Crippen LogP contribution in [0.25, 0.3) is 0 Å². The molecule has 1 aliphatic carbocycles. The molecule has 0 aliphatic heterocycles. The molecule has 10 nitrogen and oxygen atoms in total. The zero-order valence-corrected chi connectivity index (χ0v) is 18.7. The molecule has 1 saturated carbocycles. The molecule has 3 rings (SSSR count). The molecule has 1 heterocycles. The number of carbonyl (C=O) groups is 1. The van der Waals surface area contributed by atoms with Gasteiger partial charge in [0.15, 0.2) is 5.82 Å². The fraction of sp³-hybridized carbons (Fsp3) is 0.500. The Morgan fingerprint density at radius 3 is 2.81 bits per heavy atom. The summed E-state index contributed by atoms with van der Waals surface area (Å²) in [6, 6.07) is 5.24. The third-order valence-electron chi connectivity index (χ3n) is 5.02. The molecule has 32 heavy (non-hydrogen) atoms. The maximum Gasteiger partial charge on any atom is 0.407 e. The second kappa shape index (κ2) is 10.3. The predicted molar refractivity (Wildman–Crippen MR) is 116 cm³/mol. The first kappa shape index (κ1) is 24.0. The van der Waals surface area contributed by atoms with E-state index in [1.54, 1.807) is 6.07 Å². The summed E-state index contributed by atoms with van der Waals surface area (Å²) < 4.78 is 46.2. The van der Waals surface area contributed by atoms with E-state index in [4.69, 9.17) is 9.84 Å². The zero-order valence-electron chi connectivity index (χ0n) is 17.9. The maximum atomic E-state index is 14.5. The minimum Gasteiger partial charge on any atom is -0.446 e. The number of benzene rings is 1. The van der Waals surface area contributed by atoms with Gasteiger partial charge in [0, 0.05) is 30.3 Å². The summed E-state index contributed by atoms with van der Waals surface area (Å²) in [6.07, 6.45) is 1.63. The third-order valence-corrected chi connectivity index (χ3v) is 6.48. The number of sulfonamides is 1. The van der Waals surface area contributed by atoms with E-state index in [9.17, 15) is 17.6 Å². The molecule has 0 saturated heterocycles. The van der Waals surface area contributed by atoms with Crippen LogP contribution in [0.15, 0.2) is 29.2 Å². The van der Waals surface area contributed by atoms with E-state index in [2.05, 4.69) is 25.6 Å². The van der Waals surface area contributed by atoms with Crippen LogP contribution in [-0.2, 0) is 14.8 Å². The van der Waals surface area contributed by atoms with E-state index < -0.39 is 21.9 Å². The number of rotatable bonds is 9. The molecule has 2 atom stereocenters. The van der Waals surface area contributed by atoms with Crippen LogP contribution in [0.3, 0.4) is 0 Å². The van der Waals surface area contributed by atoms with Crippen LogP contribution in [0.2, 0.25) is 0 Å². The lowest BCUT2D eigenvalue weighted by molar-refractivity contribution is 0.0981. The standard InChI is InChI=1S/C20H28FN5O5S/c1-12(2)23-20(28)31-14-4-3-13(9-14)18-11-19(26-25-18)24-17-6-5-15(10-16(17)21)32(29,30)22-7-8-27/h5-6,10-14,22,27H,3-4,7-9H2,1-2H3,(H,23,28)(H2,24,25,26)/t13-,14+/m0/s1. The zero-order chi connectivity index (χ0) is 23.3. The lowest BCUT2D eigenvalue weighted by Gasteiger charge is -2.14. The molecule has 5 N–H and O–H groups in total. The molecule has 1 fully saturated rings. The summed E-state index contributed by atoms with van der Waals surface area (Å²) in [5.41, 5.74) is 0.915. The number of amides is 1. The number of aliphatic hydroxyl groups excluding tert-OH is 1. The molecule has 1 aromatic carbocycles. The van der Waals surface area contributed by atoms with E-state index in [-0.39, 0.29) is 41.8 Å². The van der Waals surface area contributed by atoms with Crippen LogP contribution in [-0.4, -0.2) is 55.1 Å². The molecule has 1 aromatic heterocycles. The summed E-state index contributed by atoms with van der Waals surface area (Å²) in [4.78, 5) is 11.5. The highest BCUT2D eigenvalue weighted by molar-refractivity contribution is 7.89. The van der Waals surface area contributed by atoms with E-state index in [0.29, 0.717) is 12.2 Å². The number of hydrogen-bond donors (Lipinski definition) is 5. The first-order chi connectivity index (χ1) is 15.2. The van der Waals surface area contributed by atoms with Crippen molar-refractivity contribution in [3.05, 3.63) is 35.8 Å². The first-order valence-electron chi connectivity index (χ1n) is 10.4. The van der Waals surface area contributed by atoms with Crippen LogP contribution < -0.4 is 15.4 Å². The summed E-state index contributed by atoms with van der Waals surface area (Å²) in [6.45, 7) is 3.21. The highest BCUT2D eigenvalue weighted by Gasteiger charge is 2.30. The fourth-order valence-corrected chi connectivity index (χ4v) is 4.56. The van der Waals surface area contributed by atoms with Crippen LogP contribution in [0.4, 0.5) is 20.7 Å². The number of H-pyrrole nitrogens is 1. The Hall–Kier alpha value is -2.70. The van der Waals surface area contributed by atoms with Crippen LogP contribution >= 0.6 is 0 Å². The van der Waals surface area contributed by atoms with Gasteiger partial charge in [0.2, 0.25) is 10.0 Å². The number of halogens is 1. The largest absolute Gasteiger partial charge is 0.446 e. The summed E-state index contributed by atoms with van der Waals surface area (Å²) in [5, 5.41) is 21.4. The molecule has 2 aromatic rings. The minimum atomic E-state index is -3.90. The van der Waals surface area contributed by atoms with Gasteiger partial charge in [-0.05, 0) is 51.3 Å². The molecule has 0 unspecified atom stereocenters. The Labute approximate surface area is 186 Å². The molecule has 0 radical (unpaired) electrons. The van der Waals surface area contributed by atoms with Gasteiger partial charge in [-0.2, -0.15) is 5.10 Å². The van der Waals surface area contributed by atoms with Gasteiger partial charge in [0.05, 0.1) is 17.2 Å². The minimum absolute atomic E-state index is 0.00677. The number of anilines is 2. The predicted octanol–water partition coefficient (Wildman–Crippen LogP) is 2.33. The average Bonchev–Trinajstić information content (AvgIpc) is 3.36. The molecular formula is C20H28FN5O5S. The number of nitrogens with one attached hydrogen (secondary N) is 4. The Bertz CT molecular complexity index is 1040. The Morgan fingerprint density at radius 2 is 2.12 bits per heavy atom. The van der Waals surface area contributed by atoms with Crippen LogP contribution in [0.1, 0.15) is 44.7 Å². The van der Waals surface area contributed by atoms with Gasteiger partial charge >= 0.3 is 6.09 Å². The Kier molecular flexibility index (Phi) is 7.69. The number of ether oxygens (including phenoxy) is 1. The molecular weight excluding hydrogens is 441 g/mol. The second-order valence-corrected chi connectivity index (χ2v) is 9.70. The average molecular weight is 470 g/mol. The van der Waals surface area contributed by atoms with Gasteiger partial charge in [-0.3, -0.25) is 5.10 Å². The highest BCUT2D eigenvalue weighted by Crippen LogP contribution is 2.36. The van der Waals surface area contributed by atoms with Crippen molar-refractivity contribution < 1.29 is 27.4 Å². The summed E-state index contributed by atoms with van der Waals surface area (Å²) in [7, 11) is -3.90. The lowest BCUT2D eigenvalue weighted by Crippen LogP contribution is -2.33. The number of aromatic nitrogens is 2. The van der Waals surface area contributed by atoms with E-state index in [0.717, 1.165) is 24.6 Å².